The van der Waals surface area contributed by atoms with Crippen molar-refractivity contribution in [3.8, 4) is 11.4 Å². The number of ether oxygens (including phenoxy) is 1. The van der Waals surface area contributed by atoms with Crippen molar-refractivity contribution < 1.29 is 14.1 Å². The van der Waals surface area contributed by atoms with Gasteiger partial charge in [-0.3, -0.25) is 0 Å². The van der Waals surface area contributed by atoms with E-state index in [0.29, 0.717) is 10.8 Å². The van der Waals surface area contributed by atoms with E-state index in [-0.39, 0.29) is 12.5 Å². The maximum Gasteiger partial charge on any atom is 0.331 e. The van der Waals surface area contributed by atoms with Gasteiger partial charge in [0.2, 0.25) is 5.82 Å². The zero-order valence-corrected chi connectivity index (χ0v) is 13.3. The molecule has 0 aliphatic rings. The number of hydrogen-bond donors (Lipinski definition) is 0. The van der Waals surface area contributed by atoms with Crippen LogP contribution in [-0.4, -0.2) is 16.1 Å². The summed E-state index contributed by atoms with van der Waals surface area (Å²) in [6, 6.07) is 16.6. The molecule has 24 heavy (non-hydrogen) atoms. The molecule has 5 nitrogen and oxygen atoms in total. The van der Waals surface area contributed by atoms with Gasteiger partial charge in [0.1, 0.15) is 0 Å². The van der Waals surface area contributed by atoms with E-state index in [1.807, 2.05) is 36.4 Å². The Morgan fingerprint density at radius 1 is 1.17 bits per heavy atom. The van der Waals surface area contributed by atoms with Gasteiger partial charge in [-0.15, -0.1) is 0 Å². The zero-order chi connectivity index (χ0) is 16.8. The third-order valence-corrected chi connectivity index (χ3v) is 3.34. The quantitative estimate of drug-likeness (QED) is 0.515. The van der Waals surface area contributed by atoms with E-state index in [4.69, 9.17) is 20.9 Å². The molecule has 120 valence electrons. The van der Waals surface area contributed by atoms with Crippen molar-refractivity contribution in [3.63, 3.8) is 0 Å². The monoisotopic (exact) mass is 340 g/mol. The Labute approximate surface area is 143 Å². The molecule has 0 N–H and O–H groups in total. The Bertz CT molecular complexity index is 859. The molecule has 0 atom stereocenters. The number of carbonyl (C=O) groups excluding carboxylic acids is 1. The lowest BCUT2D eigenvalue weighted by atomic mass is 10.2. The Balaban J connectivity index is 1.57. The third-order valence-electron chi connectivity index (χ3n) is 3.10. The van der Waals surface area contributed by atoms with Crippen molar-refractivity contribution in [2.24, 2.45) is 0 Å². The number of halogens is 1. The first kappa shape index (κ1) is 16.0. The van der Waals surface area contributed by atoms with Gasteiger partial charge in [-0.05, 0) is 23.8 Å². The Morgan fingerprint density at radius 2 is 2.00 bits per heavy atom. The first-order chi connectivity index (χ1) is 11.7. The molecule has 0 fully saturated rings. The second kappa shape index (κ2) is 7.57. The van der Waals surface area contributed by atoms with Crippen LogP contribution in [0.4, 0.5) is 0 Å². The van der Waals surface area contributed by atoms with Crippen LogP contribution >= 0.6 is 11.6 Å². The smallest absolute Gasteiger partial charge is 0.331 e. The fraction of sp³-hybridized carbons (Fsp3) is 0.0556. The number of nitrogens with zero attached hydrogens (tertiary/aromatic N) is 2. The molecule has 6 heteroatoms. The number of rotatable bonds is 5. The van der Waals surface area contributed by atoms with Crippen LogP contribution in [0.15, 0.2) is 65.2 Å². The summed E-state index contributed by atoms with van der Waals surface area (Å²) in [5.41, 5.74) is 1.64. The predicted octanol–water partition coefficient (Wildman–Crippen LogP) is 4.15. The molecule has 1 heterocycles. The molecule has 3 aromatic rings. The van der Waals surface area contributed by atoms with Crippen LogP contribution in [-0.2, 0) is 16.1 Å². The molecule has 0 aliphatic carbocycles. The van der Waals surface area contributed by atoms with E-state index >= 15 is 0 Å². The zero-order valence-electron chi connectivity index (χ0n) is 12.6. The van der Waals surface area contributed by atoms with E-state index in [9.17, 15) is 4.79 Å². The van der Waals surface area contributed by atoms with Gasteiger partial charge >= 0.3 is 5.97 Å². The van der Waals surface area contributed by atoms with Crippen molar-refractivity contribution in [1.82, 2.24) is 10.1 Å². The minimum absolute atomic E-state index is 0.0917. The van der Waals surface area contributed by atoms with Gasteiger partial charge in [0.15, 0.2) is 6.61 Å². The van der Waals surface area contributed by atoms with E-state index in [1.165, 1.54) is 6.08 Å². The van der Waals surface area contributed by atoms with Gasteiger partial charge in [0.25, 0.3) is 5.89 Å². The van der Waals surface area contributed by atoms with Crippen LogP contribution < -0.4 is 0 Å². The molecular formula is C18H13ClN2O3. The minimum atomic E-state index is -0.485. The number of aromatic nitrogens is 2. The summed E-state index contributed by atoms with van der Waals surface area (Å²) in [6.07, 6.45) is 3.02. The molecule has 0 radical (unpaired) electrons. The topological polar surface area (TPSA) is 65.2 Å². The summed E-state index contributed by atoms with van der Waals surface area (Å²) >= 11 is 5.93. The van der Waals surface area contributed by atoms with Crippen molar-refractivity contribution in [1.29, 1.82) is 0 Å². The van der Waals surface area contributed by atoms with E-state index in [0.717, 1.165) is 11.1 Å². The largest absolute Gasteiger partial charge is 0.452 e. The number of hydrogen-bond acceptors (Lipinski definition) is 5. The van der Waals surface area contributed by atoms with Crippen molar-refractivity contribution in [2.45, 2.75) is 6.61 Å². The van der Waals surface area contributed by atoms with E-state index in [1.54, 1.807) is 24.3 Å². The van der Waals surface area contributed by atoms with Crippen molar-refractivity contribution in [3.05, 3.63) is 77.2 Å². The average Bonchev–Trinajstić information content (AvgIpc) is 3.08. The van der Waals surface area contributed by atoms with Gasteiger partial charge in [-0.1, -0.05) is 59.2 Å². The third kappa shape index (κ3) is 4.30. The molecule has 2 aromatic carbocycles. The minimum Gasteiger partial charge on any atom is -0.452 e. The Kier molecular flexibility index (Phi) is 5.03. The van der Waals surface area contributed by atoms with Crippen LogP contribution in [0.25, 0.3) is 17.5 Å². The lowest BCUT2D eigenvalue weighted by Gasteiger charge is -1.97. The maximum atomic E-state index is 11.7. The van der Waals surface area contributed by atoms with Crippen LogP contribution in [0.3, 0.4) is 0 Å². The van der Waals surface area contributed by atoms with Crippen LogP contribution in [0, 0.1) is 0 Å². The van der Waals surface area contributed by atoms with Crippen molar-refractivity contribution >= 4 is 23.6 Å². The Morgan fingerprint density at radius 3 is 2.79 bits per heavy atom. The highest BCUT2D eigenvalue weighted by Crippen LogP contribution is 2.20. The number of carbonyl (C=O) groups is 1. The molecule has 3 rings (SSSR count). The highest BCUT2D eigenvalue weighted by atomic mass is 35.5. The maximum absolute atomic E-state index is 11.7. The van der Waals surface area contributed by atoms with Gasteiger partial charge in [0, 0.05) is 16.7 Å². The second-order valence-electron chi connectivity index (χ2n) is 4.87. The average molecular weight is 341 g/mol. The number of benzene rings is 2. The first-order valence-corrected chi connectivity index (χ1v) is 7.57. The standard InChI is InChI=1S/C18H13ClN2O3/c19-15-8-4-7-14(11-15)18-20-16(24-21-18)12-23-17(22)10-9-13-5-2-1-3-6-13/h1-11H,12H2. The Hall–Kier alpha value is -2.92. The second-order valence-corrected chi connectivity index (χ2v) is 5.31. The highest BCUT2D eigenvalue weighted by Gasteiger charge is 2.10. The van der Waals surface area contributed by atoms with Gasteiger partial charge in [-0.25, -0.2) is 4.79 Å². The number of esters is 1. The lowest BCUT2D eigenvalue weighted by molar-refractivity contribution is -0.139. The molecule has 0 saturated heterocycles. The first-order valence-electron chi connectivity index (χ1n) is 7.19. The summed E-state index contributed by atoms with van der Waals surface area (Å²) < 4.78 is 10.1. The molecule has 0 saturated carbocycles. The van der Waals surface area contributed by atoms with Gasteiger partial charge in [0.05, 0.1) is 0 Å². The SMILES string of the molecule is O=C(C=Cc1ccccc1)OCc1nc(-c2cccc(Cl)c2)no1. The summed E-state index contributed by atoms with van der Waals surface area (Å²) in [6.45, 7) is -0.0917. The van der Waals surface area contributed by atoms with Crippen LogP contribution in [0.5, 0.6) is 0 Å². The fourth-order valence-corrected chi connectivity index (χ4v) is 2.16. The molecule has 1 aromatic heterocycles. The summed E-state index contributed by atoms with van der Waals surface area (Å²) in [5.74, 6) is 0.121. The normalized spacial score (nSPS) is 10.9. The van der Waals surface area contributed by atoms with E-state index in [2.05, 4.69) is 10.1 Å². The van der Waals surface area contributed by atoms with Gasteiger partial charge < -0.3 is 9.26 Å². The van der Waals surface area contributed by atoms with Gasteiger partial charge in [-0.2, -0.15) is 4.98 Å². The predicted molar refractivity (Wildman–Crippen MR) is 90.0 cm³/mol. The summed E-state index contributed by atoms with van der Waals surface area (Å²) in [5, 5.41) is 4.42. The molecule has 0 unspecified atom stereocenters. The molecular weight excluding hydrogens is 328 g/mol. The van der Waals surface area contributed by atoms with E-state index < -0.39 is 5.97 Å². The van der Waals surface area contributed by atoms with Crippen LogP contribution in [0.1, 0.15) is 11.5 Å². The summed E-state index contributed by atoms with van der Waals surface area (Å²) in [7, 11) is 0. The molecule has 0 amide bonds. The molecule has 0 bridgehead atoms. The molecule has 0 spiro atoms. The summed E-state index contributed by atoms with van der Waals surface area (Å²) in [4.78, 5) is 15.9. The highest BCUT2D eigenvalue weighted by molar-refractivity contribution is 6.30. The van der Waals surface area contributed by atoms with Crippen molar-refractivity contribution in [2.75, 3.05) is 0 Å². The fourth-order valence-electron chi connectivity index (χ4n) is 1.97. The van der Waals surface area contributed by atoms with Crippen LogP contribution in [0.2, 0.25) is 5.02 Å². The lowest BCUT2D eigenvalue weighted by Crippen LogP contribution is -2.00. The molecule has 0 aliphatic heterocycles.